The van der Waals surface area contributed by atoms with Crippen molar-refractivity contribution in [3.63, 3.8) is 0 Å². The van der Waals surface area contributed by atoms with Crippen LogP contribution in [0.25, 0.3) is 0 Å². The lowest BCUT2D eigenvalue weighted by Crippen LogP contribution is -2.53. The molecule has 0 unspecified atom stereocenters. The molecular weight excluding hydrogens is 290 g/mol. The van der Waals surface area contributed by atoms with Gasteiger partial charge in [-0.05, 0) is 48.3 Å². The number of hydrogen-bond acceptors (Lipinski definition) is 4. The van der Waals surface area contributed by atoms with E-state index in [4.69, 9.17) is 0 Å². The first-order valence-corrected chi connectivity index (χ1v) is 8.44. The van der Waals surface area contributed by atoms with E-state index in [0.29, 0.717) is 6.54 Å². The lowest BCUT2D eigenvalue weighted by atomic mass is 9.69. The average molecular weight is 307 g/mol. The topological polar surface area (TPSA) is 49.3 Å². The molecule has 0 radical (unpaired) electrons. The number of piperidine rings is 1. The van der Waals surface area contributed by atoms with Gasteiger partial charge in [0.2, 0.25) is 0 Å². The van der Waals surface area contributed by atoms with Crippen molar-refractivity contribution in [3.8, 4) is 0 Å². The van der Waals surface area contributed by atoms with Crippen molar-refractivity contribution in [1.82, 2.24) is 5.32 Å². The van der Waals surface area contributed by atoms with Crippen LogP contribution >= 0.6 is 22.7 Å². The third-order valence-electron chi connectivity index (χ3n) is 4.17. The van der Waals surface area contributed by atoms with E-state index in [0.717, 1.165) is 17.8 Å². The normalized spacial score (nSPS) is 26.6. The van der Waals surface area contributed by atoms with Crippen LogP contribution in [0.4, 0.5) is 0 Å². The molecule has 0 saturated carbocycles. The minimum absolute atomic E-state index is 0.0555. The van der Waals surface area contributed by atoms with Gasteiger partial charge in [-0.1, -0.05) is 6.07 Å². The predicted octanol–water partition coefficient (Wildman–Crippen LogP) is 3.22. The lowest BCUT2D eigenvalue weighted by Gasteiger charge is -2.40. The fourth-order valence-corrected chi connectivity index (χ4v) is 5.25. The number of rotatable bonds is 3. The molecule has 2 N–H and O–H groups in total. The van der Waals surface area contributed by atoms with Gasteiger partial charge in [-0.2, -0.15) is 0 Å². The van der Waals surface area contributed by atoms with E-state index < -0.39 is 11.4 Å². The highest BCUT2D eigenvalue weighted by Crippen LogP contribution is 2.47. The van der Waals surface area contributed by atoms with Gasteiger partial charge >= 0.3 is 5.97 Å². The van der Waals surface area contributed by atoms with Crippen molar-refractivity contribution in [3.05, 3.63) is 44.3 Å². The second kappa shape index (κ2) is 5.31. The second-order valence-electron chi connectivity index (χ2n) is 5.24. The van der Waals surface area contributed by atoms with Gasteiger partial charge in [-0.3, -0.25) is 4.79 Å². The van der Waals surface area contributed by atoms with Crippen molar-refractivity contribution in [2.24, 2.45) is 0 Å². The largest absolute Gasteiger partial charge is 0.480 e. The Morgan fingerprint density at radius 1 is 1.40 bits per heavy atom. The third kappa shape index (κ3) is 2.01. The first-order valence-electron chi connectivity index (χ1n) is 6.68. The summed E-state index contributed by atoms with van der Waals surface area (Å²) < 4.78 is 0. The maximum atomic E-state index is 12.2. The second-order valence-corrected chi connectivity index (χ2v) is 7.14. The van der Waals surface area contributed by atoms with Crippen molar-refractivity contribution in [2.75, 3.05) is 13.1 Å². The molecule has 5 heteroatoms. The van der Waals surface area contributed by atoms with Gasteiger partial charge in [0.05, 0.1) is 0 Å². The molecule has 3 rings (SSSR count). The maximum Gasteiger partial charge on any atom is 0.316 e. The Balaban J connectivity index is 2.15. The molecule has 2 atom stereocenters. The van der Waals surface area contributed by atoms with E-state index in [9.17, 15) is 9.90 Å². The number of thiophene rings is 2. The van der Waals surface area contributed by atoms with E-state index in [2.05, 4.69) is 23.7 Å². The highest BCUT2D eigenvalue weighted by atomic mass is 32.1. The molecule has 1 saturated heterocycles. The molecule has 0 spiro atoms. The predicted molar refractivity (Wildman–Crippen MR) is 82.9 cm³/mol. The zero-order valence-electron chi connectivity index (χ0n) is 11.3. The van der Waals surface area contributed by atoms with Gasteiger partial charge in [0, 0.05) is 22.2 Å². The number of nitrogens with one attached hydrogen (secondary N) is 1. The van der Waals surface area contributed by atoms with Crippen LogP contribution in [0.15, 0.2) is 29.0 Å². The lowest BCUT2D eigenvalue weighted by molar-refractivity contribution is -0.145. The third-order valence-corrected chi connectivity index (χ3v) is 6.35. The van der Waals surface area contributed by atoms with Crippen LogP contribution in [0.1, 0.15) is 27.7 Å². The first-order chi connectivity index (χ1) is 9.66. The summed E-state index contributed by atoms with van der Waals surface area (Å²) in [5, 5.41) is 17.3. The van der Waals surface area contributed by atoms with Crippen LogP contribution in [0.5, 0.6) is 0 Å². The molecule has 106 valence electrons. The average Bonchev–Trinajstić information content (AvgIpc) is 3.09. The summed E-state index contributed by atoms with van der Waals surface area (Å²) in [6, 6.07) is 5.99. The zero-order valence-corrected chi connectivity index (χ0v) is 12.9. The van der Waals surface area contributed by atoms with Gasteiger partial charge in [-0.15, -0.1) is 22.7 Å². The van der Waals surface area contributed by atoms with Crippen molar-refractivity contribution in [1.29, 1.82) is 0 Å². The van der Waals surface area contributed by atoms with Crippen LogP contribution in [0, 0.1) is 6.92 Å². The van der Waals surface area contributed by atoms with Crippen LogP contribution in [-0.4, -0.2) is 24.2 Å². The van der Waals surface area contributed by atoms with Gasteiger partial charge in [-0.25, -0.2) is 0 Å². The summed E-state index contributed by atoms with van der Waals surface area (Å²) in [5.74, 6) is -0.662. The van der Waals surface area contributed by atoms with Crippen LogP contribution in [0.2, 0.25) is 0 Å². The molecular formula is C15H17NO2S2. The number of aliphatic carboxylic acids is 1. The van der Waals surface area contributed by atoms with Crippen molar-refractivity contribution in [2.45, 2.75) is 24.7 Å². The molecule has 0 aliphatic carbocycles. The Hall–Kier alpha value is -1.17. The van der Waals surface area contributed by atoms with Crippen molar-refractivity contribution >= 4 is 28.6 Å². The summed E-state index contributed by atoms with van der Waals surface area (Å²) in [7, 11) is 0. The monoisotopic (exact) mass is 307 g/mol. The van der Waals surface area contributed by atoms with E-state index in [1.807, 2.05) is 17.5 Å². The molecule has 0 aromatic carbocycles. The van der Waals surface area contributed by atoms with Crippen LogP contribution in [-0.2, 0) is 10.2 Å². The van der Waals surface area contributed by atoms with Gasteiger partial charge in [0.15, 0.2) is 0 Å². The van der Waals surface area contributed by atoms with E-state index in [-0.39, 0.29) is 5.92 Å². The van der Waals surface area contributed by atoms with Crippen LogP contribution < -0.4 is 5.32 Å². The molecule has 20 heavy (non-hydrogen) atoms. The molecule has 1 aliphatic heterocycles. The Morgan fingerprint density at radius 2 is 2.25 bits per heavy atom. The standard InChI is InChI=1S/C15H17NO2S2/c1-10-5-8-20-13(10)11-4-6-16-9-15(11,14(17)18)12-3-2-7-19-12/h2-3,5,7-8,11,16H,4,6,9H2,1H3,(H,17,18)/t11-,15-/m1/s1. The fraction of sp³-hybridized carbons (Fsp3) is 0.400. The maximum absolute atomic E-state index is 12.2. The Morgan fingerprint density at radius 3 is 2.85 bits per heavy atom. The minimum Gasteiger partial charge on any atom is -0.480 e. The summed E-state index contributed by atoms with van der Waals surface area (Å²) in [5.41, 5.74) is 0.381. The van der Waals surface area contributed by atoms with Crippen molar-refractivity contribution < 1.29 is 9.90 Å². The number of carboxylic acid groups (broad SMARTS) is 1. The molecule has 1 aliphatic rings. The van der Waals surface area contributed by atoms with Gasteiger partial charge < -0.3 is 10.4 Å². The first kappa shape index (κ1) is 13.8. The molecule has 0 bridgehead atoms. The highest BCUT2D eigenvalue weighted by molar-refractivity contribution is 7.10. The summed E-state index contributed by atoms with van der Waals surface area (Å²) in [4.78, 5) is 14.3. The fourth-order valence-electron chi connectivity index (χ4n) is 3.12. The van der Waals surface area contributed by atoms with Gasteiger partial charge in [0.25, 0.3) is 0 Å². The van der Waals surface area contributed by atoms with E-state index in [1.165, 1.54) is 10.4 Å². The number of hydrogen-bond donors (Lipinski definition) is 2. The Bertz CT molecular complexity index is 605. The van der Waals surface area contributed by atoms with E-state index in [1.54, 1.807) is 22.7 Å². The zero-order chi connectivity index (χ0) is 14.2. The Kier molecular flexibility index (Phi) is 3.67. The van der Waals surface area contributed by atoms with Crippen LogP contribution in [0.3, 0.4) is 0 Å². The molecule has 2 aromatic rings. The summed E-state index contributed by atoms with van der Waals surface area (Å²) in [6.07, 6.45) is 0.867. The molecule has 3 heterocycles. The number of carboxylic acids is 1. The summed E-state index contributed by atoms with van der Waals surface area (Å²) in [6.45, 7) is 3.46. The molecule has 1 fully saturated rings. The van der Waals surface area contributed by atoms with E-state index >= 15 is 0 Å². The smallest absolute Gasteiger partial charge is 0.316 e. The molecule has 0 amide bonds. The number of aryl methyl sites for hydroxylation is 1. The molecule has 3 nitrogen and oxygen atoms in total. The minimum atomic E-state index is -0.831. The Labute approximate surface area is 126 Å². The highest BCUT2D eigenvalue weighted by Gasteiger charge is 2.51. The van der Waals surface area contributed by atoms with Gasteiger partial charge in [0.1, 0.15) is 5.41 Å². The SMILES string of the molecule is Cc1ccsc1[C@H]1CCNC[C@]1(C(=O)O)c1cccs1. The number of carbonyl (C=O) groups is 1. The molecule has 2 aromatic heterocycles. The quantitative estimate of drug-likeness (QED) is 0.915. The summed E-state index contributed by atoms with van der Waals surface area (Å²) >= 11 is 3.23.